The number of rotatable bonds is 3. The molecule has 118 valence electrons. The second-order valence-electron chi connectivity index (χ2n) is 5.43. The maximum Gasteiger partial charge on any atom is 0.292 e. The Bertz CT molecular complexity index is 809. The molecule has 0 amide bonds. The van der Waals surface area contributed by atoms with Crippen LogP contribution in [-0.2, 0) is 9.47 Å². The van der Waals surface area contributed by atoms with Gasteiger partial charge in [0.15, 0.2) is 5.41 Å². The van der Waals surface area contributed by atoms with Gasteiger partial charge in [0.2, 0.25) is 0 Å². The number of hydrogen-bond acceptors (Lipinski definition) is 6. The summed E-state index contributed by atoms with van der Waals surface area (Å²) in [6.07, 6.45) is 0. The number of nitriles is 2. The van der Waals surface area contributed by atoms with Gasteiger partial charge in [0.25, 0.3) is 5.91 Å². The number of aliphatic imine (C=N–C) groups is 1. The number of benzene rings is 1. The lowest BCUT2D eigenvalue weighted by Gasteiger charge is -2.29. The lowest BCUT2D eigenvalue weighted by Crippen LogP contribution is -2.41. The molecule has 1 heterocycles. The van der Waals surface area contributed by atoms with E-state index < -0.39 is 22.7 Å². The third-order valence-corrected chi connectivity index (χ3v) is 5.32. The van der Waals surface area contributed by atoms with Crippen molar-refractivity contribution in [1.29, 1.82) is 10.5 Å². The van der Waals surface area contributed by atoms with Crippen LogP contribution < -0.4 is 5.73 Å². The number of hydrogen-bond donors (Lipinski definition) is 1. The van der Waals surface area contributed by atoms with Crippen molar-refractivity contribution in [2.24, 2.45) is 21.6 Å². The number of ether oxygens (including phenoxy) is 2. The zero-order valence-corrected chi connectivity index (χ0v) is 13.8. The van der Waals surface area contributed by atoms with Crippen LogP contribution in [0.4, 0.5) is 0 Å². The van der Waals surface area contributed by atoms with Crippen molar-refractivity contribution >= 4 is 29.0 Å². The van der Waals surface area contributed by atoms with Gasteiger partial charge in [0.05, 0.1) is 12.1 Å². The summed E-state index contributed by atoms with van der Waals surface area (Å²) in [5.41, 5.74) is 3.81. The molecule has 1 saturated carbocycles. The Morgan fingerprint density at radius 3 is 2.35 bits per heavy atom. The molecule has 0 radical (unpaired) electrons. The molecule has 2 aliphatic rings. The van der Waals surface area contributed by atoms with Crippen LogP contribution in [0.2, 0.25) is 10.0 Å². The minimum atomic E-state index is -1.66. The molecule has 1 aliphatic heterocycles. The fourth-order valence-electron chi connectivity index (χ4n) is 3.72. The van der Waals surface area contributed by atoms with Crippen LogP contribution in [0.25, 0.3) is 0 Å². The van der Waals surface area contributed by atoms with Crippen LogP contribution >= 0.6 is 23.2 Å². The molecule has 23 heavy (non-hydrogen) atoms. The first-order valence-corrected chi connectivity index (χ1v) is 7.40. The zero-order chi connectivity index (χ0) is 17.0. The predicted molar refractivity (Wildman–Crippen MR) is 83.7 cm³/mol. The summed E-state index contributed by atoms with van der Waals surface area (Å²) >= 11 is 12.2. The average Bonchev–Trinajstić information content (AvgIpc) is 3.10. The van der Waals surface area contributed by atoms with E-state index in [-0.39, 0.29) is 5.84 Å². The van der Waals surface area contributed by atoms with Crippen molar-refractivity contribution in [3.63, 3.8) is 0 Å². The number of nitrogens with two attached hydrogens (primary N) is 1. The number of halogens is 2. The summed E-state index contributed by atoms with van der Waals surface area (Å²) in [6, 6.07) is 9.17. The van der Waals surface area contributed by atoms with E-state index in [1.807, 2.05) is 0 Å². The van der Waals surface area contributed by atoms with E-state index >= 15 is 0 Å². The molecule has 1 aromatic carbocycles. The van der Waals surface area contributed by atoms with Crippen molar-refractivity contribution in [2.75, 3.05) is 14.2 Å². The lowest BCUT2D eigenvalue weighted by molar-refractivity contribution is -0.230. The number of amidine groups is 1. The molecule has 6 nitrogen and oxygen atoms in total. The topological polar surface area (TPSA) is 104 Å². The third-order valence-electron chi connectivity index (χ3n) is 4.75. The highest BCUT2D eigenvalue weighted by Crippen LogP contribution is 2.82. The van der Waals surface area contributed by atoms with E-state index in [9.17, 15) is 10.5 Å². The normalized spacial score (nSPS) is 33.3. The van der Waals surface area contributed by atoms with Gasteiger partial charge >= 0.3 is 0 Å². The standard InChI is InChI=1S/C15H12Cl2N4O2/c1-22-15(23-2)14(7-19)11(13(14,6-18)12(20)21-15)9-4-3-8(16)5-10(9)17/h3-5,11H,1-2H3,(H2,20,21)/t11-,13+,14-/m1/s1. The van der Waals surface area contributed by atoms with E-state index in [1.54, 1.807) is 18.2 Å². The Hall–Kier alpha value is -1.83. The highest BCUT2D eigenvalue weighted by Gasteiger charge is 2.93. The van der Waals surface area contributed by atoms with Crippen molar-refractivity contribution in [3.8, 4) is 12.1 Å². The van der Waals surface area contributed by atoms with Gasteiger partial charge in [-0.1, -0.05) is 29.3 Å². The van der Waals surface area contributed by atoms with E-state index in [0.717, 1.165) is 0 Å². The second kappa shape index (κ2) is 4.83. The summed E-state index contributed by atoms with van der Waals surface area (Å²) in [6.45, 7) is 0. The smallest absolute Gasteiger partial charge is 0.292 e. The Balaban J connectivity index is 2.28. The van der Waals surface area contributed by atoms with Crippen LogP contribution in [0.15, 0.2) is 23.2 Å². The predicted octanol–water partition coefficient (Wildman–Crippen LogP) is 2.43. The number of nitrogens with zero attached hydrogens (tertiary/aromatic N) is 3. The second-order valence-corrected chi connectivity index (χ2v) is 6.27. The van der Waals surface area contributed by atoms with E-state index in [4.69, 9.17) is 38.4 Å². The zero-order valence-electron chi connectivity index (χ0n) is 12.3. The van der Waals surface area contributed by atoms with Gasteiger partial charge in [-0.3, -0.25) is 0 Å². The lowest BCUT2D eigenvalue weighted by atomic mass is 9.93. The maximum absolute atomic E-state index is 9.90. The quantitative estimate of drug-likeness (QED) is 0.842. The molecule has 1 fully saturated rings. The van der Waals surface area contributed by atoms with Crippen LogP contribution in [0.3, 0.4) is 0 Å². The van der Waals surface area contributed by atoms with Gasteiger partial charge in [-0.2, -0.15) is 10.5 Å². The third kappa shape index (κ3) is 1.52. The summed E-state index contributed by atoms with van der Waals surface area (Å²) in [5, 5.41) is 20.5. The van der Waals surface area contributed by atoms with Gasteiger partial charge in [-0.15, -0.1) is 0 Å². The summed E-state index contributed by atoms with van der Waals surface area (Å²) < 4.78 is 10.8. The molecule has 3 atom stereocenters. The number of methoxy groups -OCH3 is 2. The SMILES string of the molecule is COC1(OC)N=C(N)[C@]2(C#N)[C@@H](c3ccc(Cl)cc3Cl)[C@@]12C#N. The fourth-order valence-corrected chi connectivity index (χ4v) is 4.24. The van der Waals surface area contributed by atoms with Gasteiger partial charge in [-0.25, -0.2) is 4.99 Å². The largest absolute Gasteiger partial charge is 0.386 e. The van der Waals surface area contributed by atoms with Crippen molar-refractivity contribution in [1.82, 2.24) is 0 Å². The molecular formula is C15H12Cl2N4O2. The van der Waals surface area contributed by atoms with Gasteiger partial charge in [0.1, 0.15) is 11.3 Å². The summed E-state index contributed by atoms with van der Waals surface area (Å²) in [7, 11) is 2.71. The maximum atomic E-state index is 9.90. The van der Waals surface area contributed by atoms with Gasteiger partial charge in [0, 0.05) is 30.2 Å². The molecule has 0 bridgehead atoms. The van der Waals surface area contributed by atoms with Crippen molar-refractivity contribution < 1.29 is 9.47 Å². The molecule has 0 unspecified atom stereocenters. The molecule has 3 rings (SSSR count). The monoisotopic (exact) mass is 350 g/mol. The average molecular weight is 351 g/mol. The van der Waals surface area contributed by atoms with Crippen LogP contribution in [0.1, 0.15) is 11.5 Å². The molecule has 8 heteroatoms. The van der Waals surface area contributed by atoms with Crippen LogP contribution in [0.5, 0.6) is 0 Å². The molecular weight excluding hydrogens is 339 g/mol. The highest BCUT2D eigenvalue weighted by molar-refractivity contribution is 6.35. The molecule has 1 aliphatic carbocycles. The first-order chi connectivity index (χ1) is 10.9. The molecule has 0 saturated heterocycles. The summed E-state index contributed by atoms with van der Waals surface area (Å²) in [5.74, 6) is -2.29. The van der Waals surface area contributed by atoms with Crippen LogP contribution in [0, 0.1) is 33.5 Å². The molecule has 1 aromatic rings. The van der Waals surface area contributed by atoms with E-state index in [0.29, 0.717) is 15.6 Å². The van der Waals surface area contributed by atoms with Crippen molar-refractivity contribution in [2.45, 2.75) is 11.8 Å². The molecule has 0 spiro atoms. The first-order valence-electron chi connectivity index (χ1n) is 6.64. The number of fused-ring (bicyclic) bond motifs is 1. The minimum Gasteiger partial charge on any atom is -0.386 e. The van der Waals surface area contributed by atoms with E-state index in [2.05, 4.69) is 17.1 Å². The summed E-state index contributed by atoms with van der Waals surface area (Å²) in [4.78, 5) is 4.13. The molecule has 0 aromatic heterocycles. The van der Waals surface area contributed by atoms with Gasteiger partial charge < -0.3 is 15.2 Å². The Morgan fingerprint density at radius 1 is 1.22 bits per heavy atom. The van der Waals surface area contributed by atoms with Crippen molar-refractivity contribution in [3.05, 3.63) is 33.8 Å². The highest BCUT2D eigenvalue weighted by atomic mass is 35.5. The fraction of sp³-hybridized carbons (Fsp3) is 0.400. The molecule has 2 N–H and O–H groups in total. The minimum absolute atomic E-state index is 0.00117. The van der Waals surface area contributed by atoms with E-state index in [1.165, 1.54) is 14.2 Å². The Labute approximate surface area is 143 Å². The van der Waals surface area contributed by atoms with Gasteiger partial charge in [-0.05, 0) is 17.7 Å². The first kappa shape index (κ1) is 16.0. The van der Waals surface area contributed by atoms with Crippen LogP contribution in [-0.4, -0.2) is 26.0 Å². The Morgan fingerprint density at radius 2 is 1.87 bits per heavy atom. The Kier molecular flexibility index (Phi) is 3.37.